The fraction of sp³-hybridized carbons (Fsp3) is 0.444. The first-order valence-corrected chi connectivity index (χ1v) is 4.25. The van der Waals surface area contributed by atoms with Crippen molar-refractivity contribution >= 4 is 0 Å². The van der Waals surface area contributed by atoms with Crippen LogP contribution in [0.15, 0.2) is 18.3 Å². The average Bonchev–Trinajstić information content (AvgIpc) is 2.14. The fourth-order valence-corrected chi connectivity index (χ4v) is 1.08. The minimum absolute atomic E-state index is 0.346. The molecular weight excluding hydrogens is 214 g/mol. The number of pyridine rings is 1. The van der Waals surface area contributed by atoms with Crippen LogP contribution in [-0.4, -0.2) is 16.3 Å². The highest BCUT2D eigenvalue weighted by Gasteiger charge is 2.29. The first kappa shape index (κ1) is 11.9. The second-order valence-electron chi connectivity index (χ2n) is 3.04. The number of alkyl halides is 3. The predicted octanol–water partition coefficient (Wildman–Crippen LogP) is 2.60. The standard InChI is InChI=1S/C9H9F4NO/c10-6-2-1-5-14-8(6)7(15)3-4-9(11,12)13/h1-2,5,7,15H,3-4H2. The Balaban J connectivity index is 2.62. The second kappa shape index (κ2) is 4.57. The van der Waals surface area contributed by atoms with Crippen LogP contribution in [0.4, 0.5) is 17.6 Å². The first-order valence-electron chi connectivity index (χ1n) is 4.25. The van der Waals surface area contributed by atoms with Gasteiger partial charge in [0.05, 0.1) is 6.10 Å². The van der Waals surface area contributed by atoms with Gasteiger partial charge in [0.2, 0.25) is 0 Å². The molecule has 1 N–H and O–H groups in total. The molecule has 0 aromatic carbocycles. The molecule has 1 rings (SSSR count). The normalized spacial score (nSPS) is 13.9. The van der Waals surface area contributed by atoms with E-state index in [1.165, 1.54) is 12.3 Å². The molecule has 0 spiro atoms. The lowest BCUT2D eigenvalue weighted by atomic mass is 10.1. The molecule has 2 nitrogen and oxygen atoms in total. The van der Waals surface area contributed by atoms with E-state index >= 15 is 0 Å². The Labute approximate surface area is 83.6 Å². The van der Waals surface area contributed by atoms with Crippen LogP contribution in [0.25, 0.3) is 0 Å². The average molecular weight is 223 g/mol. The number of rotatable bonds is 3. The lowest BCUT2D eigenvalue weighted by Crippen LogP contribution is -2.11. The van der Waals surface area contributed by atoms with Crippen molar-refractivity contribution in [2.24, 2.45) is 0 Å². The Morgan fingerprint density at radius 2 is 2.07 bits per heavy atom. The van der Waals surface area contributed by atoms with Gasteiger partial charge in [-0.15, -0.1) is 0 Å². The molecule has 0 fully saturated rings. The Morgan fingerprint density at radius 3 is 2.60 bits per heavy atom. The van der Waals surface area contributed by atoms with Crippen molar-refractivity contribution in [2.75, 3.05) is 0 Å². The third-order valence-electron chi connectivity index (χ3n) is 1.80. The number of aliphatic hydroxyl groups excluding tert-OH is 1. The molecule has 1 atom stereocenters. The van der Waals surface area contributed by atoms with Crippen LogP contribution in [0.1, 0.15) is 24.6 Å². The zero-order valence-electron chi connectivity index (χ0n) is 7.63. The molecule has 0 aliphatic rings. The van der Waals surface area contributed by atoms with E-state index in [9.17, 15) is 22.7 Å². The topological polar surface area (TPSA) is 33.1 Å². The molecule has 0 aliphatic heterocycles. The summed E-state index contributed by atoms with van der Waals surface area (Å²) in [4.78, 5) is 3.49. The van der Waals surface area contributed by atoms with Crippen LogP contribution < -0.4 is 0 Å². The number of aliphatic hydroxyl groups is 1. The summed E-state index contributed by atoms with van der Waals surface area (Å²) in [6, 6.07) is 2.34. The molecule has 0 saturated carbocycles. The van der Waals surface area contributed by atoms with Gasteiger partial charge in [-0.3, -0.25) is 4.98 Å². The molecule has 0 bridgehead atoms. The SMILES string of the molecule is OC(CCC(F)(F)F)c1ncccc1F. The molecule has 6 heteroatoms. The van der Waals surface area contributed by atoms with Crippen molar-refractivity contribution in [3.05, 3.63) is 29.8 Å². The summed E-state index contributed by atoms with van der Waals surface area (Å²) in [5.41, 5.74) is -0.346. The summed E-state index contributed by atoms with van der Waals surface area (Å²) in [5, 5.41) is 9.26. The first-order chi connectivity index (χ1) is 6.90. The number of halogens is 4. The highest BCUT2D eigenvalue weighted by atomic mass is 19.4. The molecule has 0 radical (unpaired) electrons. The Kier molecular flexibility index (Phi) is 3.62. The van der Waals surface area contributed by atoms with Gasteiger partial charge in [-0.2, -0.15) is 13.2 Å². The fourth-order valence-electron chi connectivity index (χ4n) is 1.08. The zero-order chi connectivity index (χ0) is 11.5. The number of nitrogens with zero attached hydrogens (tertiary/aromatic N) is 1. The molecule has 15 heavy (non-hydrogen) atoms. The van der Waals surface area contributed by atoms with E-state index in [-0.39, 0.29) is 5.69 Å². The van der Waals surface area contributed by atoms with E-state index in [0.717, 1.165) is 6.07 Å². The van der Waals surface area contributed by atoms with Crippen molar-refractivity contribution in [1.29, 1.82) is 0 Å². The molecule has 0 amide bonds. The van der Waals surface area contributed by atoms with Crippen molar-refractivity contribution in [3.8, 4) is 0 Å². The number of aromatic nitrogens is 1. The zero-order valence-corrected chi connectivity index (χ0v) is 7.63. The molecule has 0 aliphatic carbocycles. The largest absolute Gasteiger partial charge is 0.389 e. The van der Waals surface area contributed by atoms with Crippen molar-refractivity contribution < 1.29 is 22.7 Å². The van der Waals surface area contributed by atoms with Gasteiger partial charge in [-0.25, -0.2) is 4.39 Å². The van der Waals surface area contributed by atoms with E-state index in [4.69, 9.17) is 0 Å². The minimum Gasteiger partial charge on any atom is -0.387 e. The van der Waals surface area contributed by atoms with Gasteiger partial charge < -0.3 is 5.11 Å². The highest BCUT2D eigenvalue weighted by molar-refractivity contribution is 5.09. The van der Waals surface area contributed by atoms with Crippen LogP contribution in [-0.2, 0) is 0 Å². The molecule has 1 aromatic heterocycles. The van der Waals surface area contributed by atoms with Gasteiger partial charge in [0.25, 0.3) is 0 Å². The molecular formula is C9H9F4NO. The van der Waals surface area contributed by atoms with Crippen LogP contribution >= 0.6 is 0 Å². The third-order valence-corrected chi connectivity index (χ3v) is 1.80. The molecule has 1 heterocycles. The maximum absolute atomic E-state index is 13.0. The van der Waals surface area contributed by atoms with Crippen LogP contribution in [0, 0.1) is 5.82 Å². The minimum atomic E-state index is -4.35. The predicted molar refractivity (Wildman–Crippen MR) is 44.4 cm³/mol. The Hall–Kier alpha value is -1.17. The Bertz CT molecular complexity index is 326. The lowest BCUT2D eigenvalue weighted by molar-refractivity contribution is -0.140. The van der Waals surface area contributed by atoms with Gasteiger partial charge in [0.15, 0.2) is 0 Å². The van der Waals surface area contributed by atoms with E-state index < -0.39 is 30.9 Å². The monoisotopic (exact) mass is 223 g/mol. The lowest BCUT2D eigenvalue weighted by Gasteiger charge is -2.11. The van der Waals surface area contributed by atoms with Gasteiger partial charge in [-0.1, -0.05) is 0 Å². The smallest absolute Gasteiger partial charge is 0.387 e. The maximum Gasteiger partial charge on any atom is 0.389 e. The maximum atomic E-state index is 13.0. The van der Waals surface area contributed by atoms with Crippen molar-refractivity contribution in [3.63, 3.8) is 0 Å². The van der Waals surface area contributed by atoms with Crippen molar-refractivity contribution in [2.45, 2.75) is 25.1 Å². The summed E-state index contributed by atoms with van der Waals surface area (Å²) in [7, 11) is 0. The van der Waals surface area contributed by atoms with E-state index in [1.54, 1.807) is 0 Å². The molecule has 84 valence electrons. The van der Waals surface area contributed by atoms with Gasteiger partial charge in [0.1, 0.15) is 11.5 Å². The number of hydrogen-bond acceptors (Lipinski definition) is 2. The summed E-state index contributed by atoms with van der Waals surface area (Å²) >= 11 is 0. The quantitative estimate of drug-likeness (QED) is 0.799. The molecule has 0 saturated heterocycles. The third kappa shape index (κ3) is 3.83. The van der Waals surface area contributed by atoms with E-state index in [1.807, 2.05) is 0 Å². The van der Waals surface area contributed by atoms with E-state index in [2.05, 4.69) is 4.98 Å². The number of hydrogen-bond donors (Lipinski definition) is 1. The summed E-state index contributed by atoms with van der Waals surface area (Å²) in [6.45, 7) is 0. The molecule has 1 unspecified atom stereocenters. The van der Waals surface area contributed by atoms with Gasteiger partial charge in [0, 0.05) is 12.6 Å². The van der Waals surface area contributed by atoms with E-state index in [0.29, 0.717) is 0 Å². The highest BCUT2D eigenvalue weighted by Crippen LogP contribution is 2.27. The Morgan fingerprint density at radius 1 is 1.40 bits per heavy atom. The second-order valence-corrected chi connectivity index (χ2v) is 3.04. The van der Waals surface area contributed by atoms with Crippen LogP contribution in [0.3, 0.4) is 0 Å². The van der Waals surface area contributed by atoms with Crippen LogP contribution in [0.5, 0.6) is 0 Å². The summed E-state index contributed by atoms with van der Waals surface area (Å²) in [5.74, 6) is -0.799. The van der Waals surface area contributed by atoms with Gasteiger partial charge >= 0.3 is 6.18 Å². The van der Waals surface area contributed by atoms with Crippen molar-refractivity contribution in [1.82, 2.24) is 4.98 Å². The molecule has 1 aromatic rings. The summed E-state index contributed by atoms with van der Waals surface area (Å²) < 4.78 is 48.4. The van der Waals surface area contributed by atoms with Crippen LogP contribution in [0.2, 0.25) is 0 Å². The summed E-state index contributed by atoms with van der Waals surface area (Å²) in [6.07, 6.45) is -6.41. The van der Waals surface area contributed by atoms with Gasteiger partial charge in [-0.05, 0) is 18.6 Å².